The molecule has 0 aliphatic carbocycles. The Morgan fingerprint density at radius 2 is 2.00 bits per heavy atom. The molecule has 0 aliphatic rings. The molecule has 0 atom stereocenters. The SMILES string of the molecule is COC(=O)c1cccc2cc(Oc3ccnc(C)n3)ccc12. The lowest BCUT2D eigenvalue weighted by atomic mass is 10.0. The second kappa shape index (κ2) is 5.81. The molecule has 5 nitrogen and oxygen atoms in total. The van der Waals surface area contributed by atoms with Crippen LogP contribution in [0.4, 0.5) is 0 Å². The van der Waals surface area contributed by atoms with Crippen LogP contribution >= 0.6 is 0 Å². The number of aryl methyl sites for hydroxylation is 1. The first-order chi connectivity index (χ1) is 10.7. The minimum absolute atomic E-state index is 0.356. The van der Waals surface area contributed by atoms with E-state index in [4.69, 9.17) is 9.47 Å². The normalized spacial score (nSPS) is 10.5. The zero-order chi connectivity index (χ0) is 15.5. The predicted molar refractivity (Wildman–Crippen MR) is 82.1 cm³/mol. The van der Waals surface area contributed by atoms with Gasteiger partial charge in [-0.25, -0.2) is 9.78 Å². The van der Waals surface area contributed by atoms with Crippen LogP contribution in [0.25, 0.3) is 10.8 Å². The van der Waals surface area contributed by atoms with Crippen LogP contribution in [0.3, 0.4) is 0 Å². The second-order valence-corrected chi connectivity index (χ2v) is 4.72. The minimum atomic E-state index is -0.356. The Hall–Kier alpha value is -2.95. The van der Waals surface area contributed by atoms with Gasteiger partial charge < -0.3 is 9.47 Å². The molecule has 0 saturated carbocycles. The van der Waals surface area contributed by atoms with Crippen molar-refractivity contribution >= 4 is 16.7 Å². The van der Waals surface area contributed by atoms with Crippen LogP contribution in [0.15, 0.2) is 48.7 Å². The largest absolute Gasteiger partial charge is 0.465 e. The molecular formula is C17H14N2O3. The molecule has 0 bridgehead atoms. The summed E-state index contributed by atoms with van der Waals surface area (Å²) in [5.41, 5.74) is 0.532. The number of hydrogen-bond acceptors (Lipinski definition) is 5. The van der Waals surface area contributed by atoms with Crippen molar-refractivity contribution in [3.05, 3.63) is 60.0 Å². The first kappa shape index (κ1) is 14.0. The van der Waals surface area contributed by atoms with Gasteiger partial charge in [0.2, 0.25) is 5.88 Å². The number of benzene rings is 2. The van der Waals surface area contributed by atoms with E-state index in [1.165, 1.54) is 7.11 Å². The number of carbonyl (C=O) groups excluding carboxylic acids is 1. The zero-order valence-corrected chi connectivity index (χ0v) is 12.2. The molecular weight excluding hydrogens is 280 g/mol. The Kier molecular flexibility index (Phi) is 3.70. The van der Waals surface area contributed by atoms with Gasteiger partial charge in [-0.2, -0.15) is 4.98 Å². The zero-order valence-electron chi connectivity index (χ0n) is 12.2. The maximum atomic E-state index is 11.8. The topological polar surface area (TPSA) is 61.3 Å². The van der Waals surface area contributed by atoms with Gasteiger partial charge in [0.05, 0.1) is 12.7 Å². The number of aromatic nitrogens is 2. The molecule has 0 radical (unpaired) electrons. The summed E-state index contributed by atoms with van der Waals surface area (Å²) < 4.78 is 10.5. The molecule has 0 spiro atoms. The molecule has 0 unspecified atom stereocenters. The van der Waals surface area contributed by atoms with Crippen molar-refractivity contribution in [2.45, 2.75) is 6.92 Å². The quantitative estimate of drug-likeness (QED) is 0.692. The molecule has 0 amide bonds. The van der Waals surface area contributed by atoms with Gasteiger partial charge in [0, 0.05) is 12.3 Å². The number of nitrogens with zero attached hydrogens (tertiary/aromatic N) is 2. The standard InChI is InChI=1S/C17H14N2O3/c1-11-18-9-8-16(19-11)22-13-6-7-14-12(10-13)4-3-5-15(14)17(20)21-2/h3-10H,1-2H3. The second-order valence-electron chi connectivity index (χ2n) is 4.72. The summed E-state index contributed by atoms with van der Waals surface area (Å²) in [5, 5.41) is 1.71. The van der Waals surface area contributed by atoms with Crippen molar-refractivity contribution in [2.75, 3.05) is 7.11 Å². The molecule has 110 valence electrons. The van der Waals surface area contributed by atoms with Crippen molar-refractivity contribution < 1.29 is 14.3 Å². The number of rotatable bonds is 3. The third-order valence-electron chi connectivity index (χ3n) is 3.23. The van der Waals surface area contributed by atoms with Crippen LogP contribution in [-0.2, 0) is 4.74 Å². The Labute approximate surface area is 127 Å². The smallest absolute Gasteiger partial charge is 0.338 e. The van der Waals surface area contributed by atoms with Crippen LogP contribution < -0.4 is 4.74 Å². The Morgan fingerprint density at radius 3 is 2.77 bits per heavy atom. The number of methoxy groups -OCH3 is 1. The number of fused-ring (bicyclic) bond motifs is 1. The van der Waals surface area contributed by atoms with E-state index >= 15 is 0 Å². The van der Waals surface area contributed by atoms with Gasteiger partial charge in [-0.15, -0.1) is 0 Å². The van der Waals surface area contributed by atoms with E-state index in [1.807, 2.05) is 24.3 Å². The summed E-state index contributed by atoms with van der Waals surface area (Å²) in [6.45, 7) is 1.80. The van der Waals surface area contributed by atoms with Crippen LogP contribution in [0, 0.1) is 6.92 Å². The summed E-state index contributed by atoms with van der Waals surface area (Å²) in [6.07, 6.45) is 1.65. The summed E-state index contributed by atoms with van der Waals surface area (Å²) in [7, 11) is 1.37. The highest BCUT2D eigenvalue weighted by Gasteiger charge is 2.10. The van der Waals surface area contributed by atoms with Crippen molar-refractivity contribution in [1.82, 2.24) is 9.97 Å². The van der Waals surface area contributed by atoms with Gasteiger partial charge in [0.1, 0.15) is 11.6 Å². The number of hydrogen-bond donors (Lipinski definition) is 0. The van der Waals surface area contributed by atoms with Gasteiger partial charge in [-0.3, -0.25) is 0 Å². The molecule has 3 aromatic rings. The maximum absolute atomic E-state index is 11.8. The van der Waals surface area contributed by atoms with Crippen molar-refractivity contribution in [2.24, 2.45) is 0 Å². The van der Waals surface area contributed by atoms with Gasteiger partial charge >= 0.3 is 5.97 Å². The lowest BCUT2D eigenvalue weighted by Gasteiger charge is -2.08. The molecule has 3 rings (SSSR count). The Morgan fingerprint density at radius 1 is 1.14 bits per heavy atom. The van der Waals surface area contributed by atoms with Crippen LogP contribution in [0.5, 0.6) is 11.6 Å². The molecule has 0 fully saturated rings. The molecule has 0 N–H and O–H groups in total. The van der Waals surface area contributed by atoms with Crippen LogP contribution in [0.2, 0.25) is 0 Å². The fourth-order valence-corrected chi connectivity index (χ4v) is 2.23. The predicted octanol–water partition coefficient (Wildman–Crippen LogP) is 3.52. The maximum Gasteiger partial charge on any atom is 0.338 e. The molecule has 2 aromatic carbocycles. The van der Waals surface area contributed by atoms with E-state index in [0.717, 1.165) is 10.8 Å². The molecule has 22 heavy (non-hydrogen) atoms. The van der Waals surface area contributed by atoms with Crippen LogP contribution in [-0.4, -0.2) is 23.0 Å². The molecule has 5 heteroatoms. The highest BCUT2D eigenvalue weighted by atomic mass is 16.5. The van der Waals surface area contributed by atoms with Crippen molar-refractivity contribution in [3.63, 3.8) is 0 Å². The monoisotopic (exact) mass is 294 g/mol. The average Bonchev–Trinajstić information content (AvgIpc) is 2.53. The van der Waals surface area contributed by atoms with E-state index in [0.29, 0.717) is 23.0 Å². The van der Waals surface area contributed by atoms with Gasteiger partial charge in [0.25, 0.3) is 0 Å². The Balaban J connectivity index is 1.98. The van der Waals surface area contributed by atoms with Gasteiger partial charge in [-0.1, -0.05) is 12.1 Å². The molecule has 1 heterocycles. The summed E-state index contributed by atoms with van der Waals surface area (Å²) in [5.74, 6) is 1.42. The van der Waals surface area contributed by atoms with E-state index in [2.05, 4.69) is 9.97 Å². The Bertz CT molecular complexity index is 846. The molecule has 0 saturated heterocycles. The van der Waals surface area contributed by atoms with Crippen molar-refractivity contribution in [3.8, 4) is 11.6 Å². The van der Waals surface area contributed by atoms with Gasteiger partial charge in [0.15, 0.2) is 0 Å². The number of esters is 1. The van der Waals surface area contributed by atoms with Crippen molar-refractivity contribution in [1.29, 1.82) is 0 Å². The third kappa shape index (κ3) is 2.74. The summed E-state index contributed by atoms with van der Waals surface area (Å²) >= 11 is 0. The number of carbonyl (C=O) groups is 1. The lowest BCUT2D eigenvalue weighted by molar-refractivity contribution is 0.0603. The fraction of sp³-hybridized carbons (Fsp3) is 0.118. The first-order valence-electron chi connectivity index (χ1n) is 6.76. The first-order valence-corrected chi connectivity index (χ1v) is 6.76. The molecule has 1 aromatic heterocycles. The van der Waals surface area contributed by atoms with Crippen LogP contribution in [0.1, 0.15) is 16.2 Å². The van der Waals surface area contributed by atoms with E-state index in [-0.39, 0.29) is 5.97 Å². The average molecular weight is 294 g/mol. The third-order valence-corrected chi connectivity index (χ3v) is 3.23. The van der Waals surface area contributed by atoms with Gasteiger partial charge in [-0.05, 0) is 42.0 Å². The summed E-state index contributed by atoms with van der Waals surface area (Å²) in [6, 6.07) is 12.7. The summed E-state index contributed by atoms with van der Waals surface area (Å²) in [4.78, 5) is 20.0. The number of ether oxygens (including phenoxy) is 2. The minimum Gasteiger partial charge on any atom is -0.465 e. The van der Waals surface area contributed by atoms with E-state index < -0.39 is 0 Å². The molecule has 0 aliphatic heterocycles. The highest BCUT2D eigenvalue weighted by molar-refractivity contribution is 6.04. The fourth-order valence-electron chi connectivity index (χ4n) is 2.23. The lowest BCUT2D eigenvalue weighted by Crippen LogP contribution is -2.01. The van der Waals surface area contributed by atoms with E-state index in [1.54, 1.807) is 31.3 Å². The van der Waals surface area contributed by atoms with E-state index in [9.17, 15) is 4.79 Å². The highest BCUT2D eigenvalue weighted by Crippen LogP contribution is 2.27.